The predicted molar refractivity (Wildman–Crippen MR) is 106 cm³/mol. The molecule has 0 aliphatic rings. The summed E-state index contributed by atoms with van der Waals surface area (Å²) in [6, 6.07) is 10.8. The summed E-state index contributed by atoms with van der Waals surface area (Å²) in [7, 11) is 0. The van der Waals surface area contributed by atoms with E-state index in [4.69, 9.17) is 14.9 Å². The largest absolute Gasteiger partial charge is 0.460 e. The summed E-state index contributed by atoms with van der Waals surface area (Å²) in [5, 5.41) is 37.0. The number of aliphatic hydroxyl groups excluding tert-OH is 2. The number of azo groups is 1. The van der Waals surface area contributed by atoms with Gasteiger partial charge in [0.1, 0.15) is 6.61 Å². The number of aliphatic hydroxyl groups is 2. The number of nitro groups is 1. The molecule has 2 aromatic carbocycles. The molecule has 2 N–H and O–H groups in total. The molecule has 0 spiro atoms. The van der Waals surface area contributed by atoms with Gasteiger partial charge in [0.25, 0.3) is 5.69 Å². The monoisotopic (exact) mass is 402 g/mol. The normalized spacial score (nSPS) is 10.9. The van der Waals surface area contributed by atoms with E-state index in [-0.39, 0.29) is 36.8 Å². The number of esters is 1. The van der Waals surface area contributed by atoms with Gasteiger partial charge >= 0.3 is 5.97 Å². The molecule has 0 amide bonds. The zero-order chi connectivity index (χ0) is 21.2. The number of carbonyl (C=O) groups is 1. The summed E-state index contributed by atoms with van der Waals surface area (Å²) in [6.45, 7) is 2.73. The lowest BCUT2D eigenvalue weighted by molar-refractivity contribution is -0.384. The Morgan fingerprint density at radius 3 is 2.45 bits per heavy atom. The average Bonchev–Trinajstić information content (AvgIpc) is 2.74. The van der Waals surface area contributed by atoms with Crippen molar-refractivity contribution in [1.82, 2.24) is 0 Å². The van der Waals surface area contributed by atoms with Gasteiger partial charge in [-0.2, -0.15) is 5.11 Å². The summed E-state index contributed by atoms with van der Waals surface area (Å²) >= 11 is 0. The quantitative estimate of drug-likeness (QED) is 0.270. The van der Waals surface area contributed by atoms with Crippen molar-refractivity contribution in [3.63, 3.8) is 0 Å². The summed E-state index contributed by atoms with van der Waals surface area (Å²) in [5.74, 6) is -0.774. The van der Waals surface area contributed by atoms with Crippen molar-refractivity contribution >= 4 is 28.7 Å². The van der Waals surface area contributed by atoms with E-state index in [0.717, 1.165) is 18.3 Å². The number of carbonyl (C=O) groups excluding carboxylic acids is 1. The third-order valence-corrected chi connectivity index (χ3v) is 3.97. The Morgan fingerprint density at radius 2 is 1.86 bits per heavy atom. The summed E-state index contributed by atoms with van der Waals surface area (Å²) in [4.78, 5) is 24.4. The molecule has 10 nitrogen and oxygen atoms in total. The van der Waals surface area contributed by atoms with Crippen LogP contribution in [0.3, 0.4) is 0 Å². The molecular weight excluding hydrogens is 380 g/mol. The Hall–Kier alpha value is -3.37. The highest BCUT2D eigenvalue weighted by Crippen LogP contribution is 2.30. The van der Waals surface area contributed by atoms with Gasteiger partial charge in [-0.1, -0.05) is 0 Å². The van der Waals surface area contributed by atoms with Crippen molar-refractivity contribution in [2.24, 2.45) is 10.2 Å². The summed E-state index contributed by atoms with van der Waals surface area (Å²) in [5.41, 5.74) is 1.00. The van der Waals surface area contributed by atoms with Gasteiger partial charge in [-0.05, 0) is 43.3 Å². The zero-order valence-electron chi connectivity index (χ0n) is 15.9. The molecule has 0 radical (unpaired) electrons. The number of rotatable bonds is 10. The van der Waals surface area contributed by atoms with Crippen LogP contribution in [0, 0.1) is 10.1 Å². The highest BCUT2D eigenvalue weighted by molar-refractivity contribution is 5.91. The first-order chi connectivity index (χ1) is 14.0. The van der Waals surface area contributed by atoms with Crippen LogP contribution in [0.1, 0.15) is 17.3 Å². The Labute approximate surface area is 167 Å². The number of nitro benzene ring substituents is 1. The van der Waals surface area contributed by atoms with E-state index in [1.54, 1.807) is 12.1 Å². The summed E-state index contributed by atoms with van der Waals surface area (Å²) < 4.78 is 4.75. The van der Waals surface area contributed by atoms with Crippen LogP contribution in [0.2, 0.25) is 0 Å². The molecule has 0 fully saturated rings. The van der Waals surface area contributed by atoms with Gasteiger partial charge < -0.3 is 19.8 Å². The van der Waals surface area contributed by atoms with E-state index in [0.29, 0.717) is 12.2 Å². The number of hydrogen-bond donors (Lipinski definition) is 2. The number of ether oxygens (including phenoxy) is 1. The van der Waals surface area contributed by atoms with Crippen molar-refractivity contribution < 1.29 is 24.7 Å². The van der Waals surface area contributed by atoms with Gasteiger partial charge in [0, 0.05) is 24.8 Å². The Balaban J connectivity index is 2.21. The molecule has 29 heavy (non-hydrogen) atoms. The molecule has 0 saturated carbocycles. The van der Waals surface area contributed by atoms with Gasteiger partial charge in [0.05, 0.1) is 29.4 Å². The lowest BCUT2D eigenvalue weighted by Gasteiger charge is -2.21. The van der Waals surface area contributed by atoms with Gasteiger partial charge in [0.15, 0.2) is 5.69 Å². The Kier molecular flexibility index (Phi) is 8.19. The molecule has 0 unspecified atom stereocenters. The van der Waals surface area contributed by atoms with Crippen molar-refractivity contribution in [1.29, 1.82) is 0 Å². The van der Waals surface area contributed by atoms with Gasteiger partial charge in [0.2, 0.25) is 0 Å². The lowest BCUT2D eigenvalue weighted by Crippen LogP contribution is -2.25. The van der Waals surface area contributed by atoms with Crippen LogP contribution in [0.4, 0.5) is 22.7 Å². The third kappa shape index (κ3) is 6.06. The van der Waals surface area contributed by atoms with E-state index in [9.17, 15) is 14.9 Å². The topological polar surface area (TPSA) is 138 Å². The van der Waals surface area contributed by atoms with Crippen molar-refractivity contribution in [2.45, 2.75) is 6.92 Å². The first-order valence-electron chi connectivity index (χ1n) is 8.94. The third-order valence-electron chi connectivity index (χ3n) is 3.97. The molecule has 0 bridgehead atoms. The van der Waals surface area contributed by atoms with E-state index < -0.39 is 10.9 Å². The molecule has 0 atom stereocenters. The van der Waals surface area contributed by atoms with Gasteiger partial charge in [-0.3, -0.25) is 10.1 Å². The second-order valence-corrected chi connectivity index (χ2v) is 5.84. The van der Waals surface area contributed by atoms with Gasteiger partial charge in [-0.15, -0.1) is 5.11 Å². The van der Waals surface area contributed by atoms with Crippen LogP contribution in [-0.4, -0.2) is 54.0 Å². The first-order valence-corrected chi connectivity index (χ1v) is 8.94. The lowest BCUT2D eigenvalue weighted by atomic mass is 10.2. The number of benzene rings is 2. The Morgan fingerprint density at radius 1 is 1.14 bits per heavy atom. The van der Waals surface area contributed by atoms with E-state index in [2.05, 4.69) is 10.2 Å². The number of likely N-dealkylation sites (N-methyl/N-ethyl adjacent to an activating group) is 1. The second-order valence-electron chi connectivity index (χ2n) is 5.84. The van der Waals surface area contributed by atoms with E-state index in [1.165, 1.54) is 12.1 Å². The second kappa shape index (κ2) is 10.8. The molecule has 0 aromatic heterocycles. The zero-order valence-corrected chi connectivity index (χ0v) is 15.9. The fourth-order valence-corrected chi connectivity index (χ4v) is 2.54. The smallest absolute Gasteiger partial charge is 0.338 e. The average molecular weight is 402 g/mol. The fourth-order valence-electron chi connectivity index (χ4n) is 2.54. The van der Waals surface area contributed by atoms with E-state index in [1.807, 2.05) is 24.0 Å². The highest BCUT2D eigenvalue weighted by Gasteiger charge is 2.18. The summed E-state index contributed by atoms with van der Waals surface area (Å²) in [6.07, 6.45) is 0. The van der Waals surface area contributed by atoms with Crippen LogP contribution in [-0.2, 0) is 4.74 Å². The molecular formula is C19H22N4O6. The minimum absolute atomic E-state index is 0.00625. The predicted octanol–water partition coefficient (Wildman–Crippen LogP) is 2.98. The molecule has 2 aromatic rings. The van der Waals surface area contributed by atoms with E-state index >= 15 is 0 Å². The van der Waals surface area contributed by atoms with Crippen LogP contribution < -0.4 is 4.90 Å². The molecule has 0 aliphatic heterocycles. The maximum Gasteiger partial charge on any atom is 0.338 e. The minimum Gasteiger partial charge on any atom is -0.460 e. The molecule has 154 valence electrons. The molecule has 10 heteroatoms. The van der Waals surface area contributed by atoms with Crippen LogP contribution >= 0.6 is 0 Å². The SMILES string of the molecule is CCN(CCO)c1ccc(N=Nc2ccc(C(=O)OCCO)cc2[N+](=O)[O-])cc1. The van der Waals surface area contributed by atoms with Crippen molar-refractivity contribution in [3.05, 3.63) is 58.1 Å². The van der Waals surface area contributed by atoms with Crippen LogP contribution in [0.5, 0.6) is 0 Å². The van der Waals surface area contributed by atoms with Crippen LogP contribution in [0.25, 0.3) is 0 Å². The van der Waals surface area contributed by atoms with Crippen LogP contribution in [0.15, 0.2) is 52.7 Å². The molecule has 0 aliphatic carbocycles. The number of anilines is 1. The molecule has 2 rings (SSSR count). The van der Waals surface area contributed by atoms with Crippen molar-refractivity contribution in [2.75, 3.05) is 37.8 Å². The standard InChI is InChI=1S/C19H22N4O6/c1-2-22(9-10-24)16-6-4-15(5-7-16)20-21-17-8-3-14(13-18(17)23(27)28)19(26)29-12-11-25/h3-8,13,24-25H,2,9-12H2,1H3. The number of nitrogens with zero attached hydrogens (tertiary/aromatic N) is 4. The maximum atomic E-state index is 11.8. The fraction of sp³-hybridized carbons (Fsp3) is 0.316. The van der Waals surface area contributed by atoms with Crippen molar-refractivity contribution in [3.8, 4) is 0 Å². The minimum atomic E-state index is -0.774. The molecule has 0 saturated heterocycles. The highest BCUT2D eigenvalue weighted by atomic mass is 16.6. The Bertz CT molecular complexity index is 870. The number of hydrogen-bond acceptors (Lipinski definition) is 9. The molecule has 0 heterocycles. The van der Waals surface area contributed by atoms with Gasteiger partial charge in [-0.25, -0.2) is 4.79 Å². The maximum absolute atomic E-state index is 11.8. The first kappa shape index (κ1) is 21.9.